The van der Waals surface area contributed by atoms with E-state index in [9.17, 15) is 14.7 Å². The fourth-order valence-corrected chi connectivity index (χ4v) is 5.39. The number of nitrogens with zero attached hydrogens (tertiary/aromatic N) is 2. The Kier molecular flexibility index (Phi) is 4.81. The third kappa shape index (κ3) is 3.22. The van der Waals surface area contributed by atoms with Crippen molar-refractivity contribution in [2.24, 2.45) is 11.8 Å². The summed E-state index contributed by atoms with van der Waals surface area (Å²) in [4.78, 5) is 26.4. The number of methoxy groups -OCH3 is 1. The first-order valence-corrected chi connectivity index (χ1v) is 10.9. The van der Waals surface area contributed by atoms with E-state index in [-0.39, 0.29) is 23.6 Å². The van der Waals surface area contributed by atoms with Gasteiger partial charge in [-0.15, -0.1) is 0 Å². The molecule has 1 N–H and O–H groups in total. The number of carboxylic acid groups (broad SMARTS) is 1. The van der Waals surface area contributed by atoms with Gasteiger partial charge in [0.15, 0.2) is 5.43 Å². The number of anilines is 1. The van der Waals surface area contributed by atoms with Crippen molar-refractivity contribution in [1.29, 1.82) is 0 Å². The summed E-state index contributed by atoms with van der Waals surface area (Å²) in [6.45, 7) is 6.93. The van der Waals surface area contributed by atoms with Crippen molar-refractivity contribution in [1.82, 2.24) is 4.57 Å². The molecule has 3 aliphatic rings. The van der Waals surface area contributed by atoms with Crippen LogP contribution in [0.4, 0.5) is 5.69 Å². The summed E-state index contributed by atoms with van der Waals surface area (Å²) >= 11 is 0. The predicted octanol–water partition coefficient (Wildman–Crippen LogP) is 3.20. The zero-order valence-electron chi connectivity index (χ0n) is 18.1. The molecule has 7 heteroatoms. The highest BCUT2D eigenvalue weighted by atomic mass is 16.5. The molecule has 0 spiro atoms. The summed E-state index contributed by atoms with van der Waals surface area (Å²) < 4.78 is 13.6. The largest absolute Gasteiger partial charge is 0.495 e. The molecule has 4 heterocycles. The van der Waals surface area contributed by atoms with Crippen LogP contribution in [-0.2, 0) is 11.2 Å². The van der Waals surface area contributed by atoms with Crippen LogP contribution in [0.3, 0.4) is 0 Å². The lowest BCUT2D eigenvalue weighted by atomic mass is 9.86. The van der Waals surface area contributed by atoms with Gasteiger partial charge in [0.25, 0.3) is 0 Å². The van der Waals surface area contributed by atoms with E-state index in [2.05, 4.69) is 24.8 Å². The Bertz CT molecular complexity index is 1090. The summed E-state index contributed by atoms with van der Waals surface area (Å²) in [6.07, 6.45) is 3.67. The molecule has 7 nitrogen and oxygen atoms in total. The van der Waals surface area contributed by atoms with Gasteiger partial charge in [-0.1, -0.05) is 13.8 Å². The van der Waals surface area contributed by atoms with Crippen molar-refractivity contribution in [3.05, 3.63) is 45.7 Å². The van der Waals surface area contributed by atoms with Gasteiger partial charge >= 0.3 is 5.97 Å². The van der Waals surface area contributed by atoms with E-state index in [1.807, 2.05) is 10.6 Å². The van der Waals surface area contributed by atoms with E-state index in [4.69, 9.17) is 9.47 Å². The normalized spacial score (nSPS) is 24.1. The Morgan fingerprint density at radius 1 is 1.26 bits per heavy atom. The van der Waals surface area contributed by atoms with Crippen LogP contribution in [0.2, 0.25) is 0 Å². The minimum absolute atomic E-state index is 0.0729. The van der Waals surface area contributed by atoms with Gasteiger partial charge in [-0.25, -0.2) is 4.79 Å². The lowest BCUT2D eigenvalue weighted by Gasteiger charge is -2.34. The maximum absolute atomic E-state index is 12.5. The second-order valence-corrected chi connectivity index (χ2v) is 9.21. The average Bonchev–Trinajstić information content (AvgIpc) is 3.33. The molecule has 1 aromatic carbocycles. The van der Waals surface area contributed by atoms with Gasteiger partial charge in [0.1, 0.15) is 11.3 Å². The first kappa shape index (κ1) is 20.1. The number of pyridine rings is 1. The smallest absolute Gasteiger partial charge is 0.341 e. The van der Waals surface area contributed by atoms with Gasteiger partial charge in [0.05, 0.1) is 24.6 Å². The summed E-state index contributed by atoms with van der Waals surface area (Å²) in [5.74, 6) is 0.422. The summed E-state index contributed by atoms with van der Waals surface area (Å²) in [5.41, 5.74) is 3.25. The van der Waals surface area contributed by atoms with Crippen LogP contribution in [0.15, 0.2) is 29.2 Å². The maximum Gasteiger partial charge on any atom is 0.341 e. The first-order chi connectivity index (χ1) is 14.9. The van der Waals surface area contributed by atoms with E-state index in [0.29, 0.717) is 5.92 Å². The number of benzene rings is 1. The molecule has 164 valence electrons. The highest BCUT2D eigenvalue weighted by Crippen LogP contribution is 2.44. The van der Waals surface area contributed by atoms with Gasteiger partial charge in [-0.2, -0.15) is 0 Å². The fraction of sp³-hybridized carbons (Fsp3) is 0.500. The van der Waals surface area contributed by atoms with Gasteiger partial charge in [-0.05, 0) is 36.5 Å². The van der Waals surface area contributed by atoms with Crippen molar-refractivity contribution in [3.8, 4) is 17.0 Å². The van der Waals surface area contributed by atoms with E-state index < -0.39 is 11.4 Å². The highest BCUT2D eigenvalue weighted by molar-refractivity contribution is 5.88. The molecular weight excluding hydrogens is 396 g/mol. The van der Waals surface area contributed by atoms with Crippen molar-refractivity contribution in [2.75, 3.05) is 31.7 Å². The molecule has 31 heavy (non-hydrogen) atoms. The van der Waals surface area contributed by atoms with Crippen LogP contribution < -0.4 is 15.1 Å². The molecule has 1 aromatic heterocycles. The van der Waals surface area contributed by atoms with Gasteiger partial charge in [-0.3, -0.25) is 4.79 Å². The molecule has 0 bridgehead atoms. The number of ether oxygens (including phenoxy) is 2. The minimum Gasteiger partial charge on any atom is -0.495 e. The summed E-state index contributed by atoms with van der Waals surface area (Å²) in [7, 11) is 1.67. The molecular formula is C24H28N2O5. The number of hydrogen-bond acceptors (Lipinski definition) is 5. The Morgan fingerprint density at radius 2 is 2.06 bits per heavy atom. The van der Waals surface area contributed by atoms with Crippen molar-refractivity contribution in [2.45, 2.75) is 38.8 Å². The monoisotopic (exact) mass is 424 g/mol. The zero-order chi connectivity index (χ0) is 21.9. The van der Waals surface area contributed by atoms with Gasteiger partial charge in [0.2, 0.25) is 0 Å². The second kappa shape index (κ2) is 7.41. The van der Waals surface area contributed by atoms with Crippen LogP contribution in [0, 0.1) is 11.8 Å². The van der Waals surface area contributed by atoms with E-state index >= 15 is 0 Å². The molecule has 2 aromatic rings. The van der Waals surface area contributed by atoms with Crippen LogP contribution in [0.25, 0.3) is 11.3 Å². The summed E-state index contributed by atoms with van der Waals surface area (Å²) in [6, 6.07) is 5.74. The van der Waals surface area contributed by atoms with Gasteiger partial charge < -0.3 is 24.0 Å². The molecule has 0 radical (unpaired) electrons. The Balaban J connectivity index is 1.63. The Labute approximate surface area is 181 Å². The van der Waals surface area contributed by atoms with Crippen molar-refractivity contribution < 1.29 is 19.4 Å². The quantitative estimate of drug-likeness (QED) is 0.812. The third-order valence-corrected chi connectivity index (χ3v) is 7.09. The molecule has 0 aliphatic carbocycles. The lowest BCUT2D eigenvalue weighted by Crippen LogP contribution is -2.29. The van der Waals surface area contributed by atoms with Crippen LogP contribution in [-0.4, -0.2) is 48.6 Å². The second-order valence-electron chi connectivity index (χ2n) is 9.21. The first-order valence-electron chi connectivity index (χ1n) is 10.9. The topological polar surface area (TPSA) is 81.0 Å². The van der Waals surface area contributed by atoms with Crippen LogP contribution in [0.1, 0.15) is 42.2 Å². The molecule has 5 rings (SSSR count). The number of fused-ring (bicyclic) bond motifs is 4. The zero-order valence-corrected chi connectivity index (χ0v) is 18.1. The molecule has 3 aliphatic heterocycles. The molecule has 3 atom stereocenters. The molecule has 0 saturated carbocycles. The number of carboxylic acids is 1. The number of hydrogen-bond donors (Lipinski definition) is 1. The van der Waals surface area contributed by atoms with E-state index in [1.54, 1.807) is 7.11 Å². The average molecular weight is 424 g/mol. The highest BCUT2D eigenvalue weighted by Gasteiger charge is 2.39. The van der Waals surface area contributed by atoms with Crippen molar-refractivity contribution in [3.63, 3.8) is 0 Å². The van der Waals surface area contributed by atoms with E-state index in [1.165, 1.54) is 12.3 Å². The SMILES string of the molecule is COc1cc2c(cc1N1CC3CCOC3C1)CC(C(C)C)n1cc(C(=O)O)c(=O)cc1-2. The number of carbonyl (C=O) groups is 1. The lowest BCUT2D eigenvalue weighted by molar-refractivity contribution is 0.0694. The van der Waals surface area contributed by atoms with Gasteiger partial charge in [0, 0.05) is 49.5 Å². The number of aromatic carboxylic acids is 1. The number of aromatic nitrogens is 1. The number of rotatable bonds is 4. The maximum atomic E-state index is 12.5. The summed E-state index contributed by atoms with van der Waals surface area (Å²) in [5, 5.41) is 9.45. The third-order valence-electron chi connectivity index (χ3n) is 7.09. The molecule has 2 saturated heterocycles. The minimum atomic E-state index is -1.19. The Hall–Kier alpha value is -2.80. The predicted molar refractivity (Wildman–Crippen MR) is 117 cm³/mol. The van der Waals surface area contributed by atoms with Crippen molar-refractivity contribution >= 4 is 11.7 Å². The molecule has 3 unspecified atom stereocenters. The molecule has 2 fully saturated rings. The van der Waals surface area contributed by atoms with Crippen LogP contribution >= 0.6 is 0 Å². The standard InChI is InChI=1S/C24H28N2O5/c1-13(2)18-6-15-7-20(25-10-14-4-5-31-23(14)12-25)22(30-3)8-16(15)19-9-21(27)17(24(28)29)11-26(18)19/h7-9,11,13-14,18,23H,4-6,10,12H2,1-3H3,(H,28,29). The van der Waals surface area contributed by atoms with Crippen LogP contribution in [0.5, 0.6) is 5.75 Å². The Morgan fingerprint density at radius 3 is 2.74 bits per heavy atom. The van der Waals surface area contributed by atoms with E-state index in [0.717, 1.165) is 60.8 Å². The fourth-order valence-electron chi connectivity index (χ4n) is 5.39. The molecule has 0 amide bonds.